The molecule has 5 aromatic rings. The van der Waals surface area contributed by atoms with Crippen LogP contribution in [0.15, 0.2) is 90.7 Å². The molecule has 1 aliphatic rings. The van der Waals surface area contributed by atoms with Gasteiger partial charge in [0.25, 0.3) is 0 Å². The molecule has 3 aromatic carbocycles. The molecular weight excluding hydrogens is 816 g/mol. The summed E-state index contributed by atoms with van der Waals surface area (Å²) in [7, 11) is 0. The number of nitrogens with zero attached hydrogens (tertiary/aromatic N) is 4. The Morgan fingerprint density at radius 2 is 1.61 bits per heavy atom. The molecule has 1 saturated heterocycles. The topological polar surface area (TPSA) is 177 Å². The molecule has 322 valence electrons. The monoisotopic (exact) mass is 861 g/mol. The summed E-state index contributed by atoms with van der Waals surface area (Å²) in [6.45, 7) is 7.41. The summed E-state index contributed by atoms with van der Waals surface area (Å²) in [6.07, 6.45) is -4.24. The number of aliphatic hydroxyl groups is 1. The Balaban J connectivity index is 0.943. The van der Waals surface area contributed by atoms with E-state index in [0.29, 0.717) is 22.9 Å². The highest BCUT2D eigenvalue weighted by molar-refractivity contribution is 7.13. The molecule has 2 aromatic heterocycles. The highest BCUT2D eigenvalue weighted by Crippen LogP contribution is 2.30. The van der Waals surface area contributed by atoms with Crippen molar-refractivity contribution in [3.8, 4) is 33.2 Å². The second-order valence-electron chi connectivity index (χ2n) is 15.4. The number of rotatable bonds is 16. The zero-order chi connectivity index (χ0) is 43.7. The van der Waals surface area contributed by atoms with Gasteiger partial charge in [-0.1, -0.05) is 45.0 Å². The van der Waals surface area contributed by atoms with E-state index in [1.165, 1.54) is 35.5 Å². The predicted molar refractivity (Wildman–Crippen MR) is 222 cm³/mol. The van der Waals surface area contributed by atoms with Crippen molar-refractivity contribution in [3.63, 3.8) is 0 Å². The van der Waals surface area contributed by atoms with Crippen molar-refractivity contribution < 1.29 is 46.9 Å². The zero-order valence-corrected chi connectivity index (χ0v) is 34.7. The molecule has 18 heteroatoms. The predicted octanol–water partition coefficient (Wildman–Crippen LogP) is 6.42. The first kappa shape index (κ1) is 44.4. The van der Waals surface area contributed by atoms with E-state index in [0.717, 1.165) is 27.3 Å². The van der Waals surface area contributed by atoms with Gasteiger partial charge in [-0.25, -0.2) is 15.0 Å². The van der Waals surface area contributed by atoms with Gasteiger partial charge in [-0.05, 0) is 72.0 Å². The summed E-state index contributed by atoms with van der Waals surface area (Å²) in [4.78, 5) is 55.6. The van der Waals surface area contributed by atoms with Crippen molar-refractivity contribution in [3.05, 3.63) is 102 Å². The Kier molecular flexibility index (Phi) is 14.2. The molecule has 61 heavy (non-hydrogen) atoms. The van der Waals surface area contributed by atoms with Crippen molar-refractivity contribution in [2.75, 3.05) is 31.7 Å². The number of halogens is 3. The van der Waals surface area contributed by atoms with E-state index in [9.17, 15) is 32.7 Å². The van der Waals surface area contributed by atoms with Gasteiger partial charge in [-0.15, -0.1) is 24.5 Å². The van der Waals surface area contributed by atoms with Gasteiger partial charge in [-0.2, -0.15) is 0 Å². The van der Waals surface area contributed by atoms with Gasteiger partial charge in [0.15, 0.2) is 0 Å². The normalized spacial score (nSPS) is 15.8. The van der Waals surface area contributed by atoms with Crippen molar-refractivity contribution >= 4 is 40.6 Å². The molecule has 0 saturated carbocycles. The fourth-order valence-electron chi connectivity index (χ4n) is 6.56. The lowest BCUT2D eigenvalue weighted by Gasteiger charge is -2.35. The van der Waals surface area contributed by atoms with Crippen LogP contribution in [0.3, 0.4) is 0 Å². The van der Waals surface area contributed by atoms with Gasteiger partial charge in [0.05, 0.1) is 34.5 Å². The van der Waals surface area contributed by atoms with Crippen LogP contribution in [0, 0.1) is 12.3 Å². The van der Waals surface area contributed by atoms with E-state index in [4.69, 9.17) is 9.47 Å². The minimum Gasteiger partial charge on any atom is -0.491 e. The number of amides is 3. The third-order valence-corrected chi connectivity index (χ3v) is 10.6. The minimum atomic E-state index is -4.78. The molecule has 0 aliphatic carbocycles. The highest BCUT2D eigenvalue weighted by Gasteiger charge is 2.44. The van der Waals surface area contributed by atoms with Gasteiger partial charge in [-0.3, -0.25) is 14.4 Å². The number of carbonyl (C=O) groups is 3. The van der Waals surface area contributed by atoms with Crippen molar-refractivity contribution in [2.24, 2.45) is 5.41 Å². The second-order valence-corrected chi connectivity index (χ2v) is 16.2. The lowest BCUT2D eigenvalue weighted by atomic mass is 9.85. The average Bonchev–Trinajstić information content (AvgIpc) is 3.84. The molecule has 0 bridgehead atoms. The third kappa shape index (κ3) is 12.5. The van der Waals surface area contributed by atoms with Crippen LogP contribution >= 0.6 is 11.3 Å². The molecule has 1 unspecified atom stereocenters. The Hall–Kier alpha value is -6.11. The van der Waals surface area contributed by atoms with Crippen molar-refractivity contribution in [1.29, 1.82) is 0 Å². The van der Waals surface area contributed by atoms with Gasteiger partial charge >= 0.3 is 6.36 Å². The van der Waals surface area contributed by atoms with E-state index in [1.807, 2.05) is 31.2 Å². The number of anilines is 2. The molecule has 3 heterocycles. The quantitative estimate of drug-likeness (QED) is 0.0806. The molecule has 14 nitrogen and oxygen atoms in total. The number of carbonyl (C=O) groups excluding carboxylic acids is 3. The van der Waals surface area contributed by atoms with E-state index in [1.54, 1.807) is 68.0 Å². The van der Waals surface area contributed by atoms with Gasteiger partial charge < -0.3 is 40.2 Å². The van der Waals surface area contributed by atoms with E-state index in [2.05, 4.69) is 35.6 Å². The fourth-order valence-corrected chi connectivity index (χ4v) is 7.37. The van der Waals surface area contributed by atoms with Gasteiger partial charge in [0, 0.05) is 36.8 Å². The fraction of sp³-hybridized carbons (Fsp3) is 0.349. The maximum atomic E-state index is 13.9. The van der Waals surface area contributed by atoms with Crippen LogP contribution in [0.4, 0.5) is 24.7 Å². The maximum Gasteiger partial charge on any atom is 0.573 e. The summed E-state index contributed by atoms with van der Waals surface area (Å²) in [6, 6.07) is 19.9. The number of alkyl halides is 3. The minimum absolute atomic E-state index is 0.0425. The van der Waals surface area contributed by atoms with Crippen LogP contribution in [-0.2, 0) is 25.7 Å². The van der Waals surface area contributed by atoms with Crippen LogP contribution in [0.25, 0.3) is 21.7 Å². The SMILES string of the molecule is Cc1ncsc1-c1ccc(CNC(=O)[C@@H]2CC(O)CN2C(=O)[C@H](NC(=O)COCCOc2ccc(-c3cc(Nc4ccc(OC(F)(F)F)cc4)ncn3)cc2)C(C)(C)C)cc1. The molecule has 0 spiro atoms. The van der Waals surface area contributed by atoms with Crippen molar-refractivity contribution in [1.82, 2.24) is 30.5 Å². The smallest absolute Gasteiger partial charge is 0.491 e. The zero-order valence-electron chi connectivity index (χ0n) is 33.9. The number of aryl methyl sites for hydroxylation is 1. The number of aliphatic hydroxyl groups excluding tert-OH is 1. The van der Waals surface area contributed by atoms with E-state index >= 15 is 0 Å². The van der Waals surface area contributed by atoms with Crippen molar-refractivity contribution in [2.45, 2.75) is 65.2 Å². The van der Waals surface area contributed by atoms with Crippen LogP contribution in [0.5, 0.6) is 11.5 Å². The first-order valence-electron chi connectivity index (χ1n) is 19.3. The van der Waals surface area contributed by atoms with E-state index < -0.39 is 47.7 Å². The molecule has 0 radical (unpaired) electrons. The Bertz CT molecular complexity index is 2270. The molecule has 6 rings (SSSR count). The molecule has 1 aliphatic heterocycles. The molecule has 3 amide bonds. The first-order valence-corrected chi connectivity index (χ1v) is 20.2. The molecule has 3 atom stereocenters. The van der Waals surface area contributed by atoms with Crippen LogP contribution in [0.2, 0.25) is 0 Å². The number of thiazole rings is 1. The summed E-state index contributed by atoms with van der Waals surface area (Å²) in [5.41, 5.74) is 5.76. The first-order chi connectivity index (χ1) is 29.0. The number of benzene rings is 3. The number of aromatic nitrogens is 3. The van der Waals surface area contributed by atoms with Crippen LogP contribution in [-0.4, -0.2) is 93.6 Å². The number of hydrogen-bond donors (Lipinski definition) is 4. The number of hydrogen-bond acceptors (Lipinski definition) is 12. The Labute approximate surface area is 354 Å². The van der Waals surface area contributed by atoms with Crippen LogP contribution < -0.4 is 25.4 Å². The third-order valence-electron chi connectivity index (χ3n) is 9.62. The average molecular weight is 862 g/mol. The number of nitrogens with one attached hydrogen (secondary N) is 3. The lowest BCUT2D eigenvalue weighted by Crippen LogP contribution is -2.58. The Morgan fingerprint density at radius 3 is 2.26 bits per heavy atom. The van der Waals surface area contributed by atoms with Gasteiger partial charge in [0.2, 0.25) is 17.7 Å². The number of β-amino-alcohol motifs (C(OH)–C–C–N with tert-alkyl or cyclic N) is 1. The number of likely N-dealkylation sites (tertiary alicyclic amines) is 1. The molecular formula is C43H46F3N7O7S. The Morgan fingerprint density at radius 1 is 0.918 bits per heavy atom. The summed E-state index contributed by atoms with van der Waals surface area (Å²) < 4.78 is 52.6. The standard InChI is InChI=1S/C43H46F3N7O7S/c1-26-38(61-25-50-26)29-7-5-27(6-8-29)21-47-40(56)35-19-31(54)22-53(35)41(57)39(42(2,3)4)52-37(55)23-58-17-18-59-32-13-9-28(10-14-32)34-20-36(49-24-48-34)51-30-11-15-33(16-12-30)60-43(44,45)46/h5-16,20,24-25,31,35,39,54H,17-19,21-23H2,1-4H3,(H,47,56)(H,52,55)(H,48,49,51)/t31?,35-,39-/m0/s1. The molecule has 4 N–H and O–H groups in total. The number of ether oxygens (including phenoxy) is 3. The van der Waals surface area contributed by atoms with E-state index in [-0.39, 0.29) is 45.1 Å². The molecule has 1 fully saturated rings. The largest absolute Gasteiger partial charge is 0.573 e. The summed E-state index contributed by atoms with van der Waals surface area (Å²) in [5.74, 6) is -0.774. The summed E-state index contributed by atoms with van der Waals surface area (Å²) in [5, 5.41) is 19.2. The van der Waals surface area contributed by atoms with Gasteiger partial charge in [0.1, 0.15) is 48.9 Å². The highest BCUT2D eigenvalue weighted by atomic mass is 32.1. The van der Waals surface area contributed by atoms with Crippen LogP contribution in [0.1, 0.15) is 38.4 Å². The lowest BCUT2D eigenvalue weighted by molar-refractivity contribution is -0.274. The summed E-state index contributed by atoms with van der Waals surface area (Å²) >= 11 is 1.56. The second kappa shape index (κ2) is 19.5. The maximum absolute atomic E-state index is 13.9.